The summed E-state index contributed by atoms with van der Waals surface area (Å²) in [6.45, 7) is 3.79. The number of hydrogen-bond donors (Lipinski definition) is 1. The predicted octanol–water partition coefficient (Wildman–Crippen LogP) is 1.14. The van der Waals surface area contributed by atoms with Gasteiger partial charge in [-0.3, -0.25) is 4.90 Å². The van der Waals surface area contributed by atoms with Gasteiger partial charge in [0, 0.05) is 31.8 Å². The zero-order valence-electron chi connectivity index (χ0n) is 11.2. The largest absolute Gasteiger partial charge is 0.379 e. The van der Waals surface area contributed by atoms with E-state index in [1.165, 1.54) is 25.7 Å². The van der Waals surface area contributed by atoms with Crippen LogP contribution in [0.15, 0.2) is 0 Å². The maximum atomic E-state index is 6.31. The highest BCUT2D eigenvalue weighted by Gasteiger charge is 2.33. The second-order valence-electron chi connectivity index (χ2n) is 6.05. The predicted molar refractivity (Wildman–Crippen MR) is 70.5 cm³/mol. The zero-order valence-corrected chi connectivity index (χ0v) is 11.2. The van der Waals surface area contributed by atoms with Gasteiger partial charge in [0.15, 0.2) is 0 Å². The first-order valence-corrected chi connectivity index (χ1v) is 7.56. The minimum absolute atomic E-state index is 0.181. The van der Waals surface area contributed by atoms with Crippen molar-refractivity contribution in [1.29, 1.82) is 0 Å². The summed E-state index contributed by atoms with van der Waals surface area (Å²) in [6.07, 6.45) is 8.20. The number of nitrogens with zero attached hydrogens (tertiary/aromatic N) is 1. The molecule has 1 saturated carbocycles. The van der Waals surface area contributed by atoms with Gasteiger partial charge in [-0.1, -0.05) is 12.8 Å². The molecule has 2 N–H and O–H groups in total. The van der Waals surface area contributed by atoms with Gasteiger partial charge in [0.1, 0.15) is 0 Å². The van der Waals surface area contributed by atoms with Crippen molar-refractivity contribution in [3.8, 4) is 0 Å². The van der Waals surface area contributed by atoms with Crippen LogP contribution in [0.5, 0.6) is 0 Å². The third-order valence-corrected chi connectivity index (χ3v) is 4.72. The highest BCUT2D eigenvalue weighted by Crippen LogP contribution is 2.27. The topological polar surface area (TPSA) is 47.7 Å². The lowest BCUT2D eigenvalue weighted by molar-refractivity contribution is -0.0589. The third kappa shape index (κ3) is 2.87. The molecule has 1 aliphatic carbocycles. The van der Waals surface area contributed by atoms with Gasteiger partial charge in [-0.2, -0.15) is 0 Å². The first-order chi connectivity index (χ1) is 8.83. The molecule has 2 saturated heterocycles. The van der Waals surface area contributed by atoms with Crippen LogP contribution >= 0.6 is 0 Å². The van der Waals surface area contributed by atoms with Crippen LogP contribution in [0.3, 0.4) is 0 Å². The van der Waals surface area contributed by atoms with Crippen molar-refractivity contribution in [2.24, 2.45) is 5.73 Å². The minimum atomic E-state index is 0.181. The molecule has 0 aromatic rings. The first kappa shape index (κ1) is 12.9. The van der Waals surface area contributed by atoms with Gasteiger partial charge < -0.3 is 15.2 Å². The fourth-order valence-corrected chi connectivity index (χ4v) is 3.62. The summed E-state index contributed by atoms with van der Waals surface area (Å²) in [4.78, 5) is 2.60. The summed E-state index contributed by atoms with van der Waals surface area (Å²) < 4.78 is 11.5. The number of likely N-dealkylation sites (tertiary alicyclic amines) is 1. The summed E-state index contributed by atoms with van der Waals surface area (Å²) in [5, 5.41) is 0. The van der Waals surface area contributed by atoms with Crippen LogP contribution in [0.25, 0.3) is 0 Å². The van der Waals surface area contributed by atoms with E-state index in [1.807, 2.05) is 0 Å². The molecule has 18 heavy (non-hydrogen) atoms. The van der Waals surface area contributed by atoms with Crippen molar-refractivity contribution in [3.05, 3.63) is 0 Å². The van der Waals surface area contributed by atoms with E-state index >= 15 is 0 Å². The molecule has 104 valence electrons. The van der Waals surface area contributed by atoms with Gasteiger partial charge in [0.2, 0.25) is 0 Å². The molecule has 4 nitrogen and oxygen atoms in total. The van der Waals surface area contributed by atoms with E-state index in [9.17, 15) is 0 Å². The van der Waals surface area contributed by atoms with E-state index in [2.05, 4.69) is 4.90 Å². The Balaban J connectivity index is 1.48. The summed E-state index contributed by atoms with van der Waals surface area (Å²) in [5.41, 5.74) is 6.31. The Morgan fingerprint density at radius 3 is 2.61 bits per heavy atom. The molecular weight excluding hydrogens is 228 g/mol. The van der Waals surface area contributed by atoms with Gasteiger partial charge in [-0.05, 0) is 25.7 Å². The molecular formula is C14H26N2O2. The Bertz CT molecular complexity index is 263. The molecule has 0 amide bonds. The number of hydrogen-bond acceptors (Lipinski definition) is 4. The molecule has 3 unspecified atom stereocenters. The molecule has 2 aliphatic heterocycles. The van der Waals surface area contributed by atoms with E-state index in [0.29, 0.717) is 6.10 Å². The van der Waals surface area contributed by atoms with E-state index in [0.717, 1.165) is 45.2 Å². The first-order valence-electron chi connectivity index (χ1n) is 7.56. The number of rotatable bonds is 3. The van der Waals surface area contributed by atoms with Crippen molar-refractivity contribution < 1.29 is 9.47 Å². The van der Waals surface area contributed by atoms with Gasteiger partial charge in [-0.25, -0.2) is 0 Å². The highest BCUT2D eigenvalue weighted by atomic mass is 16.6. The van der Waals surface area contributed by atoms with E-state index in [1.54, 1.807) is 0 Å². The Hall–Kier alpha value is -0.160. The molecule has 0 bridgehead atoms. The molecule has 0 aromatic carbocycles. The number of nitrogens with two attached hydrogens (primary N) is 1. The van der Waals surface area contributed by atoms with Crippen LogP contribution in [0.2, 0.25) is 0 Å². The molecule has 3 fully saturated rings. The Morgan fingerprint density at radius 1 is 1.11 bits per heavy atom. The number of ether oxygens (including phenoxy) is 2. The molecule has 2 heterocycles. The Morgan fingerprint density at radius 2 is 1.94 bits per heavy atom. The van der Waals surface area contributed by atoms with E-state index in [-0.39, 0.29) is 12.1 Å². The molecule has 0 radical (unpaired) electrons. The summed E-state index contributed by atoms with van der Waals surface area (Å²) >= 11 is 0. The normalized spacial score (nSPS) is 39.5. The van der Waals surface area contributed by atoms with Crippen LogP contribution in [-0.4, -0.2) is 55.5 Å². The number of piperidine rings is 1. The average Bonchev–Trinajstić information content (AvgIpc) is 3.04. The van der Waals surface area contributed by atoms with E-state index in [4.69, 9.17) is 15.2 Å². The van der Waals surface area contributed by atoms with Crippen molar-refractivity contribution in [2.45, 2.75) is 62.8 Å². The molecule has 3 rings (SSSR count). The SMILES string of the molecule is NC1CN(C2CCCC2)CCC1OC1CCOC1. The monoisotopic (exact) mass is 254 g/mol. The summed E-state index contributed by atoms with van der Waals surface area (Å²) in [6, 6.07) is 0.978. The fourth-order valence-electron chi connectivity index (χ4n) is 3.62. The van der Waals surface area contributed by atoms with Crippen molar-refractivity contribution in [1.82, 2.24) is 4.90 Å². The quantitative estimate of drug-likeness (QED) is 0.820. The van der Waals surface area contributed by atoms with Crippen molar-refractivity contribution in [3.63, 3.8) is 0 Å². The maximum absolute atomic E-state index is 6.31. The van der Waals surface area contributed by atoms with Gasteiger partial charge in [0.25, 0.3) is 0 Å². The van der Waals surface area contributed by atoms with Crippen molar-refractivity contribution in [2.75, 3.05) is 26.3 Å². The molecule has 0 aromatic heterocycles. The average molecular weight is 254 g/mol. The van der Waals surface area contributed by atoms with Gasteiger partial charge in [0.05, 0.1) is 18.8 Å². The van der Waals surface area contributed by atoms with Crippen LogP contribution in [0, 0.1) is 0 Å². The van der Waals surface area contributed by atoms with Gasteiger partial charge in [-0.15, -0.1) is 0 Å². The van der Waals surface area contributed by atoms with Crippen molar-refractivity contribution >= 4 is 0 Å². The minimum Gasteiger partial charge on any atom is -0.379 e. The van der Waals surface area contributed by atoms with Crippen LogP contribution in [0.1, 0.15) is 38.5 Å². The second kappa shape index (κ2) is 5.87. The lowest BCUT2D eigenvalue weighted by Gasteiger charge is -2.40. The standard InChI is InChI=1S/C14H26N2O2/c15-13-9-16(11-3-1-2-4-11)7-5-14(13)18-12-6-8-17-10-12/h11-14H,1-10,15H2. The maximum Gasteiger partial charge on any atom is 0.0835 e. The van der Waals surface area contributed by atoms with Crippen LogP contribution in [-0.2, 0) is 9.47 Å². The molecule has 4 heteroatoms. The molecule has 3 atom stereocenters. The molecule has 3 aliphatic rings. The lowest BCUT2D eigenvalue weighted by atomic mass is 10.00. The van der Waals surface area contributed by atoms with Gasteiger partial charge >= 0.3 is 0 Å². The Labute approximate surface area is 110 Å². The van der Waals surface area contributed by atoms with Crippen LogP contribution in [0.4, 0.5) is 0 Å². The second-order valence-corrected chi connectivity index (χ2v) is 6.05. The summed E-state index contributed by atoms with van der Waals surface area (Å²) in [5.74, 6) is 0. The summed E-state index contributed by atoms with van der Waals surface area (Å²) in [7, 11) is 0. The van der Waals surface area contributed by atoms with Crippen LogP contribution < -0.4 is 5.73 Å². The zero-order chi connectivity index (χ0) is 12.4. The lowest BCUT2D eigenvalue weighted by Crippen LogP contribution is -2.55. The van der Waals surface area contributed by atoms with E-state index < -0.39 is 0 Å². The Kier molecular flexibility index (Phi) is 4.19. The molecule has 0 spiro atoms. The third-order valence-electron chi connectivity index (χ3n) is 4.72. The fraction of sp³-hybridized carbons (Fsp3) is 1.00. The smallest absolute Gasteiger partial charge is 0.0835 e. The highest BCUT2D eigenvalue weighted by molar-refractivity contribution is 4.89.